The van der Waals surface area contributed by atoms with Gasteiger partial charge in [0, 0.05) is 29.9 Å². The van der Waals surface area contributed by atoms with E-state index in [9.17, 15) is 4.79 Å². The molecule has 0 spiro atoms. The predicted octanol–water partition coefficient (Wildman–Crippen LogP) is 3.13. The number of rotatable bonds is 5. The molecule has 20 heavy (non-hydrogen) atoms. The molecule has 0 radical (unpaired) electrons. The molecule has 0 aliphatic rings. The van der Waals surface area contributed by atoms with Crippen LogP contribution in [0.2, 0.25) is 0 Å². The molecular formula is C16H16N2OS. The minimum absolute atomic E-state index is 0.101. The summed E-state index contributed by atoms with van der Waals surface area (Å²) in [7, 11) is 0. The van der Waals surface area contributed by atoms with Crippen LogP contribution in [0.4, 0.5) is 0 Å². The molecule has 0 saturated heterocycles. The summed E-state index contributed by atoms with van der Waals surface area (Å²) in [6.07, 6.45) is 8.83. The van der Waals surface area contributed by atoms with Gasteiger partial charge in [-0.15, -0.1) is 11.8 Å². The molecule has 0 unspecified atom stereocenters. The number of benzene rings is 1. The Morgan fingerprint density at radius 2 is 1.90 bits per heavy atom. The summed E-state index contributed by atoms with van der Waals surface area (Å²) in [6, 6.07) is 11.8. The lowest BCUT2D eigenvalue weighted by Gasteiger charge is -2.01. The second-order valence-electron chi connectivity index (χ2n) is 4.18. The first-order chi connectivity index (χ1) is 9.78. The largest absolute Gasteiger partial charge is 0.348 e. The Morgan fingerprint density at radius 3 is 2.55 bits per heavy atom. The molecule has 102 valence electrons. The zero-order chi connectivity index (χ0) is 14.2. The fourth-order valence-corrected chi connectivity index (χ4v) is 2.04. The third kappa shape index (κ3) is 4.55. The molecule has 1 aromatic carbocycles. The van der Waals surface area contributed by atoms with Crippen LogP contribution in [0.15, 0.2) is 59.8 Å². The summed E-state index contributed by atoms with van der Waals surface area (Å²) in [5, 5.41) is 2.83. The van der Waals surface area contributed by atoms with E-state index in [1.165, 1.54) is 4.90 Å². The van der Waals surface area contributed by atoms with E-state index >= 15 is 0 Å². The van der Waals surface area contributed by atoms with E-state index in [1.54, 1.807) is 30.2 Å². The van der Waals surface area contributed by atoms with Crippen LogP contribution in [0.5, 0.6) is 0 Å². The highest BCUT2D eigenvalue weighted by Gasteiger charge is 1.96. The number of hydrogen-bond donors (Lipinski definition) is 1. The fraction of sp³-hybridized carbons (Fsp3) is 0.125. The summed E-state index contributed by atoms with van der Waals surface area (Å²) < 4.78 is 0. The third-order valence-electron chi connectivity index (χ3n) is 2.76. The first-order valence-corrected chi connectivity index (χ1v) is 7.49. The van der Waals surface area contributed by atoms with Gasteiger partial charge in [0.25, 0.3) is 0 Å². The minimum atomic E-state index is -0.101. The second kappa shape index (κ2) is 7.50. The fourth-order valence-electron chi connectivity index (χ4n) is 1.64. The van der Waals surface area contributed by atoms with Crippen LogP contribution < -0.4 is 5.32 Å². The normalized spacial score (nSPS) is 10.7. The van der Waals surface area contributed by atoms with Gasteiger partial charge in [0.15, 0.2) is 0 Å². The van der Waals surface area contributed by atoms with Crippen molar-refractivity contribution in [3.05, 3.63) is 66.0 Å². The molecule has 0 aliphatic carbocycles. The molecule has 3 nitrogen and oxygen atoms in total. The lowest BCUT2D eigenvalue weighted by molar-refractivity contribution is -0.116. The molecule has 0 bridgehead atoms. The van der Waals surface area contributed by atoms with Crippen LogP contribution in [0.1, 0.15) is 11.1 Å². The van der Waals surface area contributed by atoms with Crippen LogP contribution >= 0.6 is 11.8 Å². The van der Waals surface area contributed by atoms with Crippen molar-refractivity contribution in [2.45, 2.75) is 11.4 Å². The zero-order valence-electron chi connectivity index (χ0n) is 11.2. The molecule has 1 heterocycles. The molecule has 2 aromatic rings. The number of carbonyl (C=O) groups is 1. The van der Waals surface area contributed by atoms with Crippen LogP contribution in [0, 0.1) is 0 Å². The Hall–Kier alpha value is -2.07. The van der Waals surface area contributed by atoms with E-state index in [1.807, 2.05) is 48.7 Å². The van der Waals surface area contributed by atoms with Gasteiger partial charge < -0.3 is 5.32 Å². The van der Waals surface area contributed by atoms with Crippen LogP contribution in [0.25, 0.3) is 6.08 Å². The molecule has 0 aliphatic heterocycles. The summed E-state index contributed by atoms with van der Waals surface area (Å²) in [4.78, 5) is 16.8. The van der Waals surface area contributed by atoms with Gasteiger partial charge in [-0.1, -0.05) is 12.1 Å². The summed E-state index contributed by atoms with van der Waals surface area (Å²) >= 11 is 1.70. The molecule has 0 saturated carbocycles. The zero-order valence-corrected chi connectivity index (χ0v) is 12.1. The van der Waals surface area contributed by atoms with Crippen molar-refractivity contribution in [1.29, 1.82) is 0 Å². The van der Waals surface area contributed by atoms with Crippen molar-refractivity contribution in [1.82, 2.24) is 10.3 Å². The number of carbonyl (C=O) groups excluding carboxylic acids is 1. The Kier molecular flexibility index (Phi) is 5.38. The first kappa shape index (κ1) is 14.3. The Balaban J connectivity index is 1.85. The number of amides is 1. The van der Waals surface area contributed by atoms with Gasteiger partial charge in [0.2, 0.25) is 5.91 Å². The van der Waals surface area contributed by atoms with Crippen molar-refractivity contribution in [3.63, 3.8) is 0 Å². The van der Waals surface area contributed by atoms with E-state index in [0.717, 1.165) is 11.1 Å². The predicted molar refractivity (Wildman–Crippen MR) is 83.3 cm³/mol. The molecule has 1 N–H and O–H groups in total. The van der Waals surface area contributed by atoms with Crippen molar-refractivity contribution in [2.75, 3.05) is 6.26 Å². The van der Waals surface area contributed by atoms with Crippen molar-refractivity contribution in [2.24, 2.45) is 0 Å². The Labute approximate surface area is 123 Å². The quantitative estimate of drug-likeness (QED) is 0.677. The highest BCUT2D eigenvalue weighted by molar-refractivity contribution is 7.98. The van der Waals surface area contributed by atoms with E-state index in [0.29, 0.717) is 6.54 Å². The average Bonchev–Trinajstić information content (AvgIpc) is 2.52. The van der Waals surface area contributed by atoms with Gasteiger partial charge in [-0.25, -0.2) is 0 Å². The third-order valence-corrected chi connectivity index (χ3v) is 3.50. The number of pyridine rings is 1. The first-order valence-electron chi connectivity index (χ1n) is 6.27. The minimum Gasteiger partial charge on any atom is -0.348 e. The number of nitrogens with zero attached hydrogens (tertiary/aromatic N) is 1. The van der Waals surface area contributed by atoms with Gasteiger partial charge in [-0.3, -0.25) is 9.78 Å². The monoisotopic (exact) mass is 284 g/mol. The highest BCUT2D eigenvalue weighted by Crippen LogP contribution is 2.15. The molecular weight excluding hydrogens is 268 g/mol. The van der Waals surface area contributed by atoms with E-state index in [-0.39, 0.29) is 5.91 Å². The lowest BCUT2D eigenvalue weighted by Crippen LogP contribution is -2.20. The Bertz CT molecular complexity index is 579. The Morgan fingerprint density at radius 1 is 1.20 bits per heavy atom. The number of aromatic nitrogens is 1. The number of nitrogens with one attached hydrogen (secondary N) is 1. The maximum atomic E-state index is 11.7. The van der Waals surface area contributed by atoms with Crippen molar-refractivity contribution in [3.8, 4) is 0 Å². The van der Waals surface area contributed by atoms with E-state index < -0.39 is 0 Å². The van der Waals surface area contributed by atoms with Gasteiger partial charge >= 0.3 is 0 Å². The highest BCUT2D eigenvalue weighted by atomic mass is 32.2. The molecule has 1 amide bonds. The maximum absolute atomic E-state index is 11.7. The van der Waals surface area contributed by atoms with Crippen molar-refractivity contribution < 1.29 is 4.79 Å². The molecule has 4 heteroatoms. The van der Waals surface area contributed by atoms with Gasteiger partial charge in [0.1, 0.15) is 0 Å². The molecule has 2 rings (SSSR count). The standard InChI is InChI=1S/C16H16N2OS/c1-20-15-5-2-13(3-6-15)4-7-16(19)18-12-14-8-10-17-11-9-14/h2-11H,12H2,1H3,(H,18,19)/b7-4+. The smallest absolute Gasteiger partial charge is 0.244 e. The number of hydrogen-bond acceptors (Lipinski definition) is 3. The molecule has 1 aromatic heterocycles. The SMILES string of the molecule is CSc1ccc(/C=C/C(=O)NCc2ccncc2)cc1. The van der Waals surface area contributed by atoms with E-state index in [2.05, 4.69) is 10.3 Å². The molecule has 0 fully saturated rings. The average molecular weight is 284 g/mol. The van der Waals surface area contributed by atoms with Gasteiger partial charge in [-0.05, 0) is 47.7 Å². The maximum Gasteiger partial charge on any atom is 0.244 e. The summed E-state index contributed by atoms with van der Waals surface area (Å²) in [5.41, 5.74) is 2.05. The lowest BCUT2D eigenvalue weighted by atomic mass is 10.2. The van der Waals surface area contributed by atoms with Crippen LogP contribution in [0.3, 0.4) is 0 Å². The van der Waals surface area contributed by atoms with Crippen LogP contribution in [-0.2, 0) is 11.3 Å². The van der Waals surface area contributed by atoms with E-state index in [4.69, 9.17) is 0 Å². The van der Waals surface area contributed by atoms with Gasteiger partial charge in [0.05, 0.1) is 0 Å². The molecule has 0 atom stereocenters. The number of thioether (sulfide) groups is 1. The summed E-state index contributed by atoms with van der Waals surface area (Å²) in [6.45, 7) is 0.511. The second-order valence-corrected chi connectivity index (χ2v) is 5.06. The topological polar surface area (TPSA) is 42.0 Å². The van der Waals surface area contributed by atoms with Gasteiger partial charge in [-0.2, -0.15) is 0 Å². The van der Waals surface area contributed by atoms with Crippen molar-refractivity contribution >= 4 is 23.7 Å². The van der Waals surface area contributed by atoms with Crippen LogP contribution in [-0.4, -0.2) is 17.1 Å². The summed E-state index contributed by atoms with van der Waals surface area (Å²) in [5.74, 6) is -0.101.